The lowest BCUT2D eigenvalue weighted by molar-refractivity contribution is 0.240. The quantitative estimate of drug-likeness (QED) is 0.637. The molecule has 102 valence electrons. The average molecular weight is 313 g/mol. The Morgan fingerprint density at radius 1 is 1.17 bits per heavy atom. The van der Waals surface area contributed by atoms with E-state index in [0.29, 0.717) is 11.3 Å². The molecule has 1 nitrogen and oxygen atoms in total. The van der Waals surface area contributed by atoms with Crippen LogP contribution in [0.3, 0.4) is 0 Å². The SMILES string of the molecule is CC(CCOc1ccc(CBr)cc1)CC(C)(C)C. The summed E-state index contributed by atoms with van der Waals surface area (Å²) >= 11 is 3.44. The topological polar surface area (TPSA) is 9.23 Å². The Balaban J connectivity index is 2.28. The zero-order valence-electron chi connectivity index (χ0n) is 12.0. The number of hydrogen-bond donors (Lipinski definition) is 0. The Morgan fingerprint density at radius 2 is 1.78 bits per heavy atom. The van der Waals surface area contributed by atoms with Crippen molar-refractivity contribution in [3.63, 3.8) is 0 Å². The molecule has 0 aliphatic carbocycles. The van der Waals surface area contributed by atoms with Gasteiger partial charge in [-0.3, -0.25) is 0 Å². The fraction of sp³-hybridized carbons (Fsp3) is 0.625. The van der Waals surface area contributed by atoms with Gasteiger partial charge in [-0.05, 0) is 41.9 Å². The number of benzene rings is 1. The standard InChI is InChI=1S/C16H25BrO/c1-13(11-16(2,3)4)9-10-18-15-7-5-14(12-17)6-8-15/h5-8,13H,9-12H2,1-4H3. The normalized spacial score (nSPS) is 13.4. The molecular formula is C16H25BrO. The van der Waals surface area contributed by atoms with Crippen molar-refractivity contribution < 1.29 is 4.74 Å². The molecule has 0 heterocycles. The molecule has 1 aromatic rings. The summed E-state index contributed by atoms with van der Waals surface area (Å²) in [4.78, 5) is 0. The lowest BCUT2D eigenvalue weighted by Crippen LogP contribution is -2.13. The molecule has 0 saturated carbocycles. The minimum absolute atomic E-state index is 0.414. The molecule has 0 N–H and O–H groups in total. The Kier molecular flexibility index (Phi) is 6.20. The lowest BCUT2D eigenvalue weighted by atomic mass is 9.84. The smallest absolute Gasteiger partial charge is 0.119 e. The van der Waals surface area contributed by atoms with Crippen molar-refractivity contribution in [3.05, 3.63) is 29.8 Å². The van der Waals surface area contributed by atoms with E-state index in [-0.39, 0.29) is 0 Å². The van der Waals surface area contributed by atoms with E-state index in [0.717, 1.165) is 24.1 Å². The van der Waals surface area contributed by atoms with E-state index in [9.17, 15) is 0 Å². The van der Waals surface area contributed by atoms with E-state index < -0.39 is 0 Å². The Hall–Kier alpha value is -0.500. The van der Waals surface area contributed by atoms with Crippen LogP contribution in [0.2, 0.25) is 0 Å². The van der Waals surface area contributed by atoms with Crippen LogP contribution in [0, 0.1) is 11.3 Å². The van der Waals surface area contributed by atoms with E-state index in [4.69, 9.17) is 4.74 Å². The molecule has 0 aliphatic rings. The minimum Gasteiger partial charge on any atom is -0.494 e. The van der Waals surface area contributed by atoms with Crippen LogP contribution in [0.5, 0.6) is 5.75 Å². The molecule has 0 aromatic heterocycles. The fourth-order valence-corrected chi connectivity index (χ4v) is 2.57. The molecule has 0 amide bonds. The molecule has 0 spiro atoms. The summed E-state index contributed by atoms with van der Waals surface area (Å²) in [6, 6.07) is 8.29. The Bertz CT molecular complexity index is 337. The van der Waals surface area contributed by atoms with Crippen LogP contribution in [-0.2, 0) is 5.33 Å². The van der Waals surface area contributed by atoms with Crippen molar-refractivity contribution in [2.45, 2.75) is 45.9 Å². The van der Waals surface area contributed by atoms with Crippen LogP contribution >= 0.6 is 15.9 Å². The lowest BCUT2D eigenvalue weighted by Gasteiger charge is -2.23. The molecule has 0 bridgehead atoms. The molecule has 1 unspecified atom stereocenters. The minimum atomic E-state index is 0.414. The molecular weight excluding hydrogens is 288 g/mol. The number of halogens is 1. The summed E-state index contributed by atoms with van der Waals surface area (Å²) in [6.07, 6.45) is 2.37. The highest BCUT2D eigenvalue weighted by Crippen LogP contribution is 2.26. The van der Waals surface area contributed by atoms with Crippen LogP contribution in [0.25, 0.3) is 0 Å². The van der Waals surface area contributed by atoms with Crippen LogP contribution in [0.1, 0.15) is 46.1 Å². The van der Waals surface area contributed by atoms with Crippen LogP contribution < -0.4 is 4.74 Å². The van der Waals surface area contributed by atoms with Gasteiger partial charge in [-0.15, -0.1) is 0 Å². The van der Waals surface area contributed by atoms with Crippen molar-refractivity contribution >= 4 is 15.9 Å². The molecule has 1 rings (SSSR count). The van der Waals surface area contributed by atoms with Gasteiger partial charge in [0, 0.05) is 5.33 Å². The number of rotatable bonds is 6. The van der Waals surface area contributed by atoms with Crippen LogP contribution in [0.4, 0.5) is 0 Å². The summed E-state index contributed by atoms with van der Waals surface area (Å²) in [5.41, 5.74) is 1.69. The average Bonchev–Trinajstić information content (AvgIpc) is 2.27. The monoisotopic (exact) mass is 312 g/mol. The van der Waals surface area contributed by atoms with Crippen molar-refractivity contribution in [2.24, 2.45) is 11.3 Å². The highest BCUT2D eigenvalue weighted by atomic mass is 79.9. The van der Waals surface area contributed by atoms with Gasteiger partial charge in [-0.1, -0.05) is 55.8 Å². The van der Waals surface area contributed by atoms with Crippen LogP contribution in [-0.4, -0.2) is 6.61 Å². The third-order valence-electron chi connectivity index (χ3n) is 2.92. The molecule has 18 heavy (non-hydrogen) atoms. The molecule has 0 aliphatic heterocycles. The molecule has 0 radical (unpaired) electrons. The second kappa shape index (κ2) is 7.18. The summed E-state index contributed by atoms with van der Waals surface area (Å²) in [5, 5.41) is 0.899. The van der Waals surface area contributed by atoms with Crippen molar-refractivity contribution in [3.8, 4) is 5.75 Å². The Labute approximate surface area is 120 Å². The number of alkyl halides is 1. The largest absolute Gasteiger partial charge is 0.494 e. The second-order valence-corrected chi connectivity index (χ2v) is 6.85. The van der Waals surface area contributed by atoms with Gasteiger partial charge in [-0.25, -0.2) is 0 Å². The van der Waals surface area contributed by atoms with E-state index in [1.807, 2.05) is 12.1 Å². The van der Waals surface area contributed by atoms with Crippen LogP contribution in [0.15, 0.2) is 24.3 Å². The Morgan fingerprint density at radius 3 is 2.28 bits per heavy atom. The zero-order valence-corrected chi connectivity index (χ0v) is 13.6. The highest BCUT2D eigenvalue weighted by molar-refractivity contribution is 9.08. The summed E-state index contributed by atoms with van der Waals surface area (Å²) in [5.74, 6) is 1.69. The first-order valence-corrected chi connectivity index (χ1v) is 7.80. The van der Waals surface area contributed by atoms with E-state index in [1.165, 1.54) is 12.0 Å². The highest BCUT2D eigenvalue weighted by Gasteiger charge is 2.15. The maximum Gasteiger partial charge on any atom is 0.119 e. The van der Waals surface area contributed by atoms with E-state index in [2.05, 4.69) is 55.8 Å². The molecule has 1 aromatic carbocycles. The third kappa shape index (κ3) is 6.44. The molecule has 2 heteroatoms. The zero-order chi connectivity index (χ0) is 13.6. The van der Waals surface area contributed by atoms with Crippen molar-refractivity contribution in [2.75, 3.05) is 6.61 Å². The van der Waals surface area contributed by atoms with E-state index in [1.54, 1.807) is 0 Å². The van der Waals surface area contributed by atoms with Gasteiger partial charge in [-0.2, -0.15) is 0 Å². The molecule has 1 atom stereocenters. The summed E-state index contributed by atoms with van der Waals surface area (Å²) in [6.45, 7) is 10.0. The molecule has 0 saturated heterocycles. The number of hydrogen-bond acceptors (Lipinski definition) is 1. The van der Waals surface area contributed by atoms with Gasteiger partial charge < -0.3 is 4.74 Å². The van der Waals surface area contributed by atoms with Gasteiger partial charge in [0.15, 0.2) is 0 Å². The van der Waals surface area contributed by atoms with Gasteiger partial charge in [0.1, 0.15) is 5.75 Å². The predicted octanol–water partition coefficient (Wildman–Crippen LogP) is 5.42. The first-order chi connectivity index (χ1) is 8.40. The molecule has 0 fully saturated rings. The van der Waals surface area contributed by atoms with Gasteiger partial charge in [0.05, 0.1) is 6.61 Å². The summed E-state index contributed by atoms with van der Waals surface area (Å²) < 4.78 is 5.78. The van der Waals surface area contributed by atoms with Crippen molar-refractivity contribution in [1.29, 1.82) is 0 Å². The first-order valence-electron chi connectivity index (χ1n) is 6.68. The maximum atomic E-state index is 5.78. The fourth-order valence-electron chi connectivity index (χ4n) is 2.20. The van der Waals surface area contributed by atoms with Crippen molar-refractivity contribution in [1.82, 2.24) is 0 Å². The maximum absolute atomic E-state index is 5.78. The second-order valence-electron chi connectivity index (χ2n) is 6.28. The number of ether oxygens (including phenoxy) is 1. The summed E-state index contributed by atoms with van der Waals surface area (Å²) in [7, 11) is 0. The van der Waals surface area contributed by atoms with Gasteiger partial charge in [0.25, 0.3) is 0 Å². The van der Waals surface area contributed by atoms with Gasteiger partial charge >= 0.3 is 0 Å². The van der Waals surface area contributed by atoms with Gasteiger partial charge in [0.2, 0.25) is 0 Å². The first kappa shape index (κ1) is 15.6. The van der Waals surface area contributed by atoms with E-state index >= 15 is 0 Å². The predicted molar refractivity (Wildman–Crippen MR) is 82.4 cm³/mol. The third-order valence-corrected chi connectivity index (χ3v) is 3.57.